The molecule has 1 saturated heterocycles. The van der Waals surface area contributed by atoms with E-state index in [1.54, 1.807) is 0 Å². The van der Waals surface area contributed by atoms with E-state index in [-0.39, 0.29) is 6.10 Å². The summed E-state index contributed by atoms with van der Waals surface area (Å²) in [6.07, 6.45) is 2.07. The van der Waals surface area contributed by atoms with Gasteiger partial charge in [-0.05, 0) is 41.5 Å². The van der Waals surface area contributed by atoms with E-state index in [2.05, 4.69) is 45.5 Å². The fraction of sp³-hybridized carbons (Fsp3) is 0.227. The number of hydrogen-bond acceptors (Lipinski definition) is 4. The Balaban J connectivity index is 1.36. The first-order valence-electron chi connectivity index (χ1n) is 9.13. The van der Waals surface area contributed by atoms with E-state index in [1.165, 1.54) is 11.1 Å². The SMILES string of the molecule is Clc1ccc(Nc2ccc(CN3CCO[C@@H](c4ccccc4)C3)cn2)cc1. The minimum Gasteiger partial charge on any atom is -0.371 e. The molecule has 1 aliphatic rings. The molecule has 1 N–H and O–H groups in total. The summed E-state index contributed by atoms with van der Waals surface area (Å²) in [5, 5.41) is 4.01. The second-order valence-electron chi connectivity index (χ2n) is 6.69. The summed E-state index contributed by atoms with van der Waals surface area (Å²) in [4.78, 5) is 6.96. The highest BCUT2D eigenvalue weighted by Gasteiger charge is 2.21. The number of benzene rings is 2. The summed E-state index contributed by atoms with van der Waals surface area (Å²) in [6.45, 7) is 3.47. The van der Waals surface area contributed by atoms with Gasteiger partial charge in [0.25, 0.3) is 0 Å². The molecule has 0 saturated carbocycles. The molecule has 1 atom stereocenters. The molecule has 2 heterocycles. The van der Waals surface area contributed by atoms with Crippen LogP contribution >= 0.6 is 11.6 Å². The number of nitrogens with zero attached hydrogens (tertiary/aromatic N) is 2. The maximum Gasteiger partial charge on any atom is 0.130 e. The lowest BCUT2D eigenvalue weighted by Crippen LogP contribution is -2.37. The van der Waals surface area contributed by atoms with Crippen molar-refractivity contribution in [2.24, 2.45) is 0 Å². The molecule has 0 aliphatic carbocycles. The summed E-state index contributed by atoms with van der Waals surface area (Å²) in [5.41, 5.74) is 3.41. The third-order valence-corrected chi connectivity index (χ3v) is 4.92. The van der Waals surface area contributed by atoms with Crippen LogP contribution in [0.1, 0.15) is 17.2 Å². The molecular weight excluding hydrogens is 358 g/mol. The van der Waals surface area contributed by atoms with E-state index in [0.29, 0.717) is 0 Å². The van der Waals surface area contributed by atoms with Gasteiger partial charge in [-0.2, -0.15) is 0 Å². The topological polar surface area (TPSA) is 37.4 Å². The van der Waals surface area contributed by atoms with Gasteiger partial charge in [0.05, 0.1) is 12.7 Å². The van der Waals surface area contributed by atoms with Crippen LogP contribution in [0.2, 0.25) is 5.02 Å². The van der Waals surface area contributed by atoms with Crippen molar-refractivity contribution in [1.29, 1.82) is 0 Å². The highest BCUT2D eigenvalue weighted by molar-refractivity contribution is 6.30. The zero-order chi connectivity index (χ0) is 18.5. The van der Waals surface area contributed by atoms with Crippen molar-refractivity contribution >= 4 is 23.1 Å². The molecular formula is C22H22ClN3O. The van der Waals surface area contributed by atoms with Crippen LogP contribution in [0, 0.1) is 0 Å². The standard InChI is InChI=1S/C22H22ClN3O/c23-19-7-9-20(10-8-19)25-22-11-6-17(14-24-22)15-26-12-13-27-21(16-26)18-4-2-1-3-5-18/h1-11,14,21H,12-13,15-16H2,(H,24,25)/t21-/m1/s1. The first-order chi connectivity index (χ1) is 13.3. The van der Waals surface area contributed by atoms with Gasteiger partial charge in [-0.1, -0.05) is 48.0 Å². The molecule has 4 nitrogen and oxygen atoms in total. The Hall–Kier alpha value is -2.40. The Labute approximate surface area is 164 Å². The monoisotopic (exact) mass is 379 g/mol. The van der Waals surface area contributed by atoms with Crippen LogP contribution in [0.5, 0.6) is 0 Å². The third kappa shape index (κ3) is 4.86. The minimum absolute atomic E-state index is 0.138. The Bertz CT molecular complexity index is 853. The van der Waals surface area contributed by atoms with E-state index < -0.39 is 0 Å². The number of halogens is 1. The van der Waals surface area contributed by atoms with Crippen LogP contribution in [-0.4, -0.2) is 29.6 Å². The van der Waals surface area contributed by atoms with Crippen molar-refractivity contribution < 1.29 is 4.74 Å². The van der Waals surface area contributed by atoms with Gasteiger partial charge in [-0.25, -0.2) is 4.98 Å². The van der Waals surface area contributed by atoms with Gasteiger partial charge < -0.3 is 10.1 Å². The van der Waals surface area contributed by atoms with Gasteiger partial charge in [-0.3, -0.25) is 4.90 Å². The second-order valence-corrected chi connectivity index (χ2v) is 7.13. The predicted octanol–water partition coefficient (Wildman–Crippen LogP) is 5.05. The lowest BCUT2D eigenvalue weighted by atomic mass is 10.1. The summed E-state index contributed by atoms with van der Waals surface area (Å²) < 4.78 is 5.95. The maximum atomic E-state index is 5.95. The lowest BCUT2D eigenvalue weighted by Gasteiger charge is -2.33. The van der Waals surface area contributed by atoms with Crippen LogP contribution < -0.4 is 5.32 Å². The Kier molecular flexibility index (Phi) is 5.68. The third-order valence-electron chi connectivity index (χ3n) is 4.67. The number of anilines is 2. The highest BCUT2D eigenvalue weighted by Crippen LogP contribution is 2.23. The molecule has 1 aliphatic heterocycles. The Morgan fingerprint density at radius 1 is 1.04 bits per heavy atom. The molecule has 1 fully saturated rings. The van der Waals surface area contributed by atoms with Crippen molar-refractivity contribution in [3.8, 4) is 0 Å². The zero-order valence-corrected chi connectivity index (χ0v) is 15.8. The Morgan fingerprint density at radius 3 is 2.59 bits per heavy atom. The smallest absolute Gasteiger partial charge is 0.130 e. The van der Waals surface area contributed by atoms with Crippen LogP contribution in [0.4, 0.5) is 11.5 Å². The van der Waals surface area contributed by atoms with Crippen molar-refractivity contribution in [3.05, 3.63) is 89.1 Å². The van der Waals surface area contributed by atoms with E-state index in [9.17, 15) is 0 Å². The summed E-state index contributed by atoms with van der Waals surface area (Å²) in [5.74, 6) is 0.824. The van der Waals surface area contributed by atoms with Gasteiger partial charge in [0.2, 0.25) is 0 Å². The number of pyridine rings is 1. The summed E-state index contributed by atoms with van der Waals surface area (Å²) in [7, 11) is 0. The molecule has 0 radical (unpaired) electrons. The van der Waals surface area contributed by atoms with Gasteiger partial charge >= 0.3 is 0 Å². The maximum absolute atomic E-state index is 5.95. The molecule has 0 unspecified atom stereocenters. The van der Waals surface area contributed by atoms with Crippen molar-refractivity contribution in [3.63, 3.8) is 0 Å². The number of nitrogens with one attached hydrogen (secondary N) is 1. The van der Waals surface area contributed by atoms with Gasteiger partial charge in [0.15, 0.2) is 0 Å². The van der Waals surface area contributed by atoms with Gasteiger partial charge in [0.1, 0.15) is 5.82 Å². The summed E-state index contributed by atoms with van der Waals surface area (Å²) in [6, 6.07) is 22.2. The molecule has 0 bridgehead atoms. The Morgan fingerprint density at radius 2 is 1.85 bits per heavy atom. The number of ether oxygens (including phenoxy) is 1. The van der Waals surface area contributed by atoms with Crippen molar-refractivity contribution in [1.82, 2.24) is 9.88 Å². The molecule has 4 rings (SSSR count). The van der Waals surface area contributed by atoms with Crippen LogP contribution in [0.3, 0.4) is 0 Å². The van der Waals surface area contributed by atoms with E-state index in [1.807, 2.05) is 42.6 Å². The largest absolute Gasteiger partial charge is 0.371 e. The number of hydrogen-bond donors (Lipinski definition) is 1. The first-order valence-corrected chi connectivity index (χ1v) is 9.50. The van der Waals surface area contributed by atoms with Crippen molar-refractivity contribution in [2.75, 3.05) is 25.0 Å². The van der Waals surface area contributed by atoms with Crippen LogP contribution in [-0.2, 0) is 11.3 Å². The predicted molar refractivity (Wildman–Crippen MR) is 109 cm³/mol. The number of aromatic nitrogens is 1. The molecule has 0 amide bonds. The van der Waals surface area contributed by atoms with Crippen molar-refractivity contribution in [2.45, 2.75) is 12.6 Å². The van der Waals surface area contributed by atoms with Gasteiger partial charge in [-0.15, -0.1) is 0 Å². The minimum atomic E-state index is 0.138. The second kappa shape index (κ2) is 8.53. The molecule has 0 spiro atoms. The van der Waals surface area contributed by atoms with E-state index in [4.69, 9.17) is 16.3 Å². The van der Waals surface area contributed by atoms with Crippen LogP contribution in [0.25, 0.3) is 0 Å². The number of rotatable bonds is 5. The normalized spacial score (nSPS) is 17.6. The fourth-order valence-corrected chi connectivity index (χ4v) is 3.37. The fourth-order valence-electron chi connectivity index (χ4n) is 3.25. The highest BCUT2D eigenvalue weighted by atomic mass is 35.5. The van der Waals surface area contributed by atoms with Gasteiger partial charge in [0, 0.05) is 36.5 Å². The molecule has 27 heavy (non-hydrogen) atoms. The summed E-state index contributed by atoms with van der Waals surface area (Å²) >= 11 is 5.92. The molecule has 2 aromatic carbocycles. The molecule has 5 heteroatoms. The van der Waals surface area contributed by atoms with E-state index in [0.717, 1.165) is 42.8 Å². The first kappa shape index (κ1) is 18.0. The molecule has 3 aromatic rings. The number of morpholine rings is 1. The lowest BCUT2D eigenvalue weighted by molar-refractivity contribution is -0.0329. The average molecular weight is 380 g/mol. The molecule has 138 valence electrons. The van der Waals surface area contributed by atoms with Crippen LogP contribution in [0.15, 0.2) is 72.9 Å². The molecule has 1 aromatic heterocycles. The van der Waals surface area contributed by atoms with E-state index >= 15 is 0 Å². The quantitative estimate of drug-likeness (QED) is 0.673. The zero-order valence-electron chi connectivity index (χ0n) is 15.0. The average Bonchev–Trinajstić information content (AvgIpc) is 2.72.